The lowest BCUT2D eigenvalue weighted by Crippen LogP contribution is -2.10. The fourth-order valence-corrected chi connectivity index (χ4v) is 1.87. The van der Waals surface area contributed by atoms with Gasteiger partial charge in [-0.3, -0.25) is 0 Å². The molecule has 2 aromatic rings. The van der Waals surface area contributed by atoms with E-state index in [1.807, 2.05) is 43.3 Å². The number of rotatable bonds is 5. The molecule has 0 unspecified atom stereocenters. The summed E-state index contributed by atoms with van der Waals surface area (Å²) in [5, 5.41) is 0. The molecule has 0 radical (unpaired) electrons. The molecule has 114 valence electrons. The third-order valence-corrected chi connectivity index (χ3v) is 2.93. The van der Waals surface area contributed by atoms with Crippen molar-refractivity contribution in [1.82, 2.24) is 0 Å². The molecule has 0 heterocycles. The molecule has 0 N–H and O–H groups in total. The van der Waals surface area contributed by atoms with Gasteiger partial charge in [0.25, 0.3) is 0 Å². The normalized spacial score (nSPS) is 11.0. The number of hydrogen-bond donors (Lipinski definition) is 0. The summed E-state index contributed by atoms with van der Waals surface area (Å²) >= 11 is 0. The average Bonchev–Trinajstić information content (AvgIpc) is 2.54. The number of nitrogens with zero attached hydrogens (tertiary/aromatic N) is 1. The molecule has 0 saturated carbocycles. The minimum Gasteiger partial charge on any atom is -0.493 e. The highest BCUT2D eigenvalue weighted by molar-refractivity contribution is 5.96. The van der Waals surface area contributed by atoms with Crippen LogP contribution in [0.4, 0.5) is 5.69 Å². The second kappa shape index (κ2) is 7.31. The smallest absolute Gasteiger partial charge is 0.222 e. The zero-order chi connectivity index (χ0) is 15.9. The van der Waals surface area contributed by atoms with Crippen molar-refractivity contribution < 1.29 is 14.2 Å². The summed E-state index contributed by atoms with van der Waals surface area (Å²) in [4.78, 5) is 4.48. The van der Waals surface area contributed by atoms with E-state index in [1.165, 1.54) is 0 Å². The number of para-hydroxylation sites is 2. The molecule has 0 aliphatic heterocycles. The lowest BCUT2D eigenvalue weighted by Gasteiger charge is -2.14. The predicted octanol–water partition coefficient (Wildman–Crippen LogP) is 4.39. The first-order valence-electron chi connectivity index (χ1n) is 6.84. The first kappa shape index (κ1) is 15.6. The minimum atomic E-state index is 0.428. The van der Waals surface area contributed by atoms with Gasteiger partial charge in [0.05, 0.1) is 19.9 Å². The van der Waals surface area contributed by atoms with E-state index in [4.69, 9.17) is 14.2 Å². The number of benzene rings is 2. The Morgan fingerprint density at radius 3 is 2.18 bits per heavy atom. The summed E-state index contributed by atoms with van der Waals surface area (Å²) in [6.45, 7) is 5.76. The van der Waals surface area contributed by atoms with Crippen LogP contribution in [0.15, 0.2) is 65.7 Å². The monoisotopic (exact) mass is 297 g/mol. The van der Waals surface area contributed by atoms with Gasteiger partial charge in [0.2, 0.25) is 11.6 Å². The summed E-state index contributed by atoms with van der Waals surface area (Å²) in [6, 6.07) is 15.0. The van der Waals surface area contributed by atoms with Crippen molar-refractivity contribution in [3.8, 4) is 17.2 Å². The molecular weight excluding hydrogens is 278 g/mol. The fraction of sp³-hybridized carbons (Fsp3) is 0.167. The van der Waals surface area contributed by atoms with Crippen LogP contribution >= 0.6 is 0 Å². The highest BCUT2D eigenvalue weighted by Crippen LogP contribution is 2.37. The quantitative estimate of drug-likeness (QED) is 0.607. The second-order valence-electron chi connectivity index (χ2n) is 4.63. The Morgan fingerprint density at radius 2 is 1.59 bits per heavy atom. The lowest BCUT2D eigenvalue weighted by molar-refractivity contribution is 0.342. The van der Waals surface area contributed by atoms with Crippen LogP contribution in [-0.4, -0.2) is 20.1 Å². The molecule has 2 rings (SSSR count). The van der Waals surface area contributed by atoms with Gasteiger partial charge in [-0.15, -0.1) is 0 Å². The van der Waals surface area contributed by atoms with Gasteiger partial charge in [-0.25, -0.2) is 4.99 Å². The Balaban J connectivity index is 2.37. The van der Waals surface area contributed by atoms with E-state index in [-0.39, 0.29) is 0 Å². The molecule has 0 amide bonds. The maximum absolute atomic E-state index is 5.89. The predicted molar refractivity (Wildman–Crippen MR) is 88.5 cm³/mol. The van der Waals surface area contributed by atoms with Crippen LogP contribution < -0.4 is 14.2 Å². The van der Waals surface area contributed by atoms with E-state index >= 15 is 0 Å². The zero-order valence-corrected chi connectivity index (χ0v) is 13.0. The molecular formula is C18H19NO3. The van der Waals surface area contributed by atoms with Gasteiger partial charge in [-0.2, -0.15) is 0 Å². The van der Waals surface area contributed by atoms with Crippen molar-refractivity contribution in [3.05, 3.63) is 60.7 Å². The minimum absolute atomic E-state index is 0.428. The number of methoxy groups -OCH3 is 2. The van der Waals surface area contributed by atoms with Crippen LogP contribution in [0.1, 0.15) is 6.92 Å². The lowest BCUT2D eigenvalue weighted by atomic mass is 10.2. The summed E-state index contributed by atoms with van der Waals surface area (Å²) < 4.78 is 16.5. The largest absolute Gasteiger partial charge is 0.493 e. The number of ether oxygens (including phenoxy) is 3. The Hall–Kier alpha value is -2.75. The van der Waals surface area contributed by atoms with Crippen LogP contribution in [0.5, 0.6) is 17.2 Å². The van der Waals surface area contributed by atoms with Crippen molar-refractivity contribution in [2.24, 2.45) is 4.99 Å². The number of hydrogen-bond acceptors (Lipinski definition) is 4. The third-order valence-electron chi connectivity index (χ3n) is 2.93. The maximum atomic E-state index is 5.89. The fourth-order valence-electron chi connectivity index (χ4n) is 1.87. The zero-order valence-electron chi connectivity index (χ0n) is 13.0. The molecule has 0 spiro atoms. The summed E-state index contributed by atoms with van der Waals surface area (Å²) in [5.41, 5.74) is 1.51. The van der Waals surface area contributed by atoms with E-state index in [2.05, 4.69) is 11.6 Å². The summed E-state index contributed by atoms with van der Waals surface area (Å²) in [6.07, 6.45) is 0. The maximum Gasteiger partial charge on any atom is 0.222 e. The second-order valence-corrected chi connectivity index (χ2v) is 4.63. The Labute approximate surface area is 130 Å². The van der Waals surface area contributed by atoms with Gasteiger partial charge in [0.15, 0.2) is 11.5 Å². The molecule has 4 nitrogen and oxygen atoms in total. The van der Waals surface area contributed by atoms with Crippen LogP contribution in [-0.2, 0) is 0 Å². The summed E-state index contributed by atoms with van der Waals surface area (Å²) in [7, 11) is 3.15. The SMILES string of the molecule is C=C(C)C(=Nc1ccccc1)Oc1cccc(OC)c1OC. The molecule has 0 saturated heterocycles. The molecule has 4 heteroatoms. The van der Waals surface area contributed by atoms with E-state index < -0.39 is 0 Å². The Morgan fingerprint density at radius 1 is 0.909 bits per heavy atom. The van der Waals surface area contributed by atoms with Gasteiger partial charge in [-0.1, -0.05) is 30.8 Å². The molecule has 0 aliphatic carbocycles. The van der Waals surface area contributed by atoms with E-state index in [9.17, 15) is 0 Å². The van der Waals surface area contributed by atoms with E-state index in [0.29, 0.717) is 28.7 Å². The van der Waals surface area contributed by atoms with Crippen LogP contribution in [0.2, 0.25) is 0 Å². The first-order valence-corrected chi connectivity index (χ1v) is 6.84. The highest BCUT2D eigenvalue weighted by Gasteiger charge is 2.14. The van der Waals surface area contributed by atoms with Crippen molar-refractivity contribution in [2.75, 3.05) is 14.2 Å². The molecule has 2 aromatic carbocycles. The third kappa shape index (κ3) is 3.67. The Kier molecular flexibility index (Phi) is 5.20. The van der Waals surface area contributed by atoms with Gasteiger partial charge in [0.1, 0.15) is 0 Å². The van der Waals surface area contributed by atoms with E-state index in [1.54, 1.807) is 26.4 Å². The van der Waals surface area contributed by atoms with Crippen molar-refractivity contribution in [1.29, 1.82) is 0 Å². The molecule has 0 fully saturated rings. The molecule has 0 bridgehead atoms. The average molecular weight is 297 g/mol. The summed E-state index contributed by atoms with van der Waals surface area (Å²) in [5.74, 6) is 2.07. The molecule has 0 aliphatic rings. The van der Waals surface area contributed by atoms with Crippen LogP contribution in [0, 0.1) is 0 Å². The molecule has 0 atom stereocenters. The van der Waals surface area contributed by atoms with Gasteiger partial charge >= 0.3 is 0 Å². The van der Waals surface area contributed by atoms with Crippen molar-refractivity contribution in [3.63, 3.8) is 0 Å². The standard InChI is InChI=1S/C18H19NO3/c1-13(2)18(19-14-9-6-5-7-10-14)22-16-12-8-11-15(20-3)17(16)21-4/h5-12H,1H2,2-4H3. The van der Waals surface area contributed by atoms with E-state index in [0.717, 1.165) is 5.69 Å². The van der Waals surface area contributed by atoms with Crippen LogP contribution in [0.3, 0.4) is 0 Å². The van der Waals surface area contributed by atoms with Crippen LogP contribution in [0.25, 0.3) is 0 Å². The molecule has 0 aromatic heterocycles. The van der Waals surface area contributed by atoms with Gasteiger partial charge < -0.3 is 14.2 Å². The number of aliphatic imine (C=N–C) groups is 1. The van der Waals surface area contributed by atoms with Gasteiger partial charge in [0, 0.05) is 5.57 Å². The topological polar surface area (TPSA) is 40.0 Å². The highest BCUT2D eigenvalue weighted by atomic mass is 16.5. The van der Waals surface area contributed by atoms with Crippen molar-refractivity contribution in [2.45, 2.75) is 6.92 Å². The van der Waals surface area contributed by atoms with Crippen molar-refractivity contribution >= 4 is 11.6 Å². The Bertz CT molecular complexity index is 678. The van der Waals surface area contributed by atoms with Gasteiger partial charge in [-0.05, 0) is 31.2 Å². The first-order chi connectivity index (χ1) is 10.7. The molecule has 22 heavy (non-hydrogen) atoms.